The van der Waals surface area contributed by atoms with Crippen LogP contribution in [0.15, 0.2) is 18.2 Å². The summed E-state index contributed by atoms with van der Waals surface area (Å²) in [7, 11) is 1.56. The maximum absolute atomic E-state index is 11.8. The Balaban J connectivity index is 3.06. The molecule has 6 nitrogen and oxygen atoms in total. The summed E-state index contributed by atoms with van der Waals surface area (Å²) in [5.41, 5.74) is -0.119. The molecule has 1 rings (SSSR count). The van der Waals surface area contributed by atoms with Gasteiger partial charge in [-0.05, 0) is 32.9 Å². The Morgan fingerprint density at radius 2 is 2.00 bits per heavy atom. The van der Waals surface area contributed by atoms with E-state index in [0.29, 0.717) is 0 Å². The molecule has 0 unspecified atom stereocenters. The molecule has 0 aromatic heterocycles. The molecule has 0 saturated heterocycles. The molecule has 0 bridgehead atoms. The van der Waals surface area contributed by atoms with Gasteiger partial charge in [-0.25, -0.2) is 4.79 Å². The average Bonchev–Trinajstić information content (AvgIpc) is 2.25. The summed E-state index contributed by atoms with van der Waals surface area (Å²) in [5, 5.41) is 13.4. The summed E-state index contributed by atoms with van der Waals surface area (Å²) in [5.74, 6) is -0.506. The molecule has 0 spiro atoms. The summed E-state index contributed by atoms with van der Waals surface area (Å²) >= 11 is 0. The molecule has 1 aromatic carbocycles. The van der Waals surface area contributed by atoms with Crippen molar-refractivity contribution < 1.29 is 14.5 Å². The lowest BCUT2D eigenvalue weighted by molar-refractivity contribution is -0.383. The summed E-state index contributed by atoms with van der Waals surface area (Å²) in [4.78, 5) is 22.0. The zero-order chi connectivity index (χ0) is 13.9. The van der Waals surface area contributed by atoms with E-state index in [9.17, 15) is 14.9 Å². The molecule has 0 amide bonds. The van der Waals surface area contributed by atoms with Crippen LogP contribution in [-0.4, -0.2) is 23.5 Å². The maximum Gasteiger partial charge on any atom is 0.338 e. The zero-order valence-corrected chi connectivity index (χ0v) is 10.8. The van der Waals surface area contributed by atoms with Gasteiger partial charge in [0.2, 0.25) is 0 Å². The van der Waals surface area contributed by atoms with Crippen molar-refractivity contribution in [3.05, 3.63) is 33.9 Å². The van der Waals surface area contributed by atoms with Crippen LogP contribution in [0.5, 0.6) is 0 Å². The van der Waals surface area contributed by atoms with E-state index in [2.05, 4.69) is 5.32 Å². The highest BCUT2D eigenvalue weighted by Crippen LogP contribution is 2.25. The first kappa shape index (κ1) is 14.0. The molecule has 0 radical (unpaired) electrons. The van der Waals surface area contributed by atoms with Crippen molar-refractivity contribution in [2.45, 2.75) is 26.4 Å². The number of carbonyl (C=O) groups excluding carboxylic acids is 1. The maximum atomic E-state index is 11.8. The van der Waals surface area contributed by atoms with Crippen molar-refractivity contribution in [1.29, 1.82) is 0 Å². The third-order valence-corrected chi connectivity index (χ3v) is 2.10. The molecule has 0 aliphatic carbocycles. The highest BCUT2D eigenvalue weighted by atomic mass is 16.6. The van der Waals surface area contributed by atoms with Gasteiger partial charge in [0.05, 0.1) is 10.5 Å². The van der Waals surface area contributed by atoms with Crippen LogP contribution in [0.2, 0.25) is 0 Å². The van der Waals surface area contributed by atoms with Crippen molar-refractivity contribution in [3.8, 4) is 0 Å². The predicted molar refractivity (Wildman–Crippen MR) is 67.8 cm³/mol. The highest BCUT2D eigenvalue weighted by Gasteiger charge is 2.20. The standard InChI is InChI=1S/C12H16N2O4/c1-12(2,3)18-11(15)8-5-6-10(14(16)17)9(7-8)13-4/h5-7,13H,1-4H3. The van der Waals surface area contributed by atoms with E-state index in [4.69, 9.17) is 4.74 Å². The molecule has 0 atom stereocenters. The number of rotatable bonds is 3. The van der Waals surface area contributed by atoms with Gasteiger partial charge >= 0.3 is 5.97 Å². The minimum Gasteiger partial charge on any atom is -0.456 e. The largest absolute Gasteiger partial charge is 0.456 e. The zero-order valence-electron chi connectivity index (χ0n) is 10.8. The molecule has 0 saturated carbocycles. The SMILES string of the molecule is CNc1cc(C(=O)OC(C)(C)C)ccc1[N+](=O)[O-]. The summed E-state index contributed by atoms with van der Waals surface area (Å²) in [6, 6.07) is 4.07. The number of esters is 1. The molecule has 0 fully saturated rings. The lowest BCUT2D eigenvalue weighted by Crippen LogP contribution is -2.23. The number of nitro groups is 1. The first-order valence-corrected chi connectivity index (χ1v) is 5.44. The molecule has 1 aromatic rings. The topological polar surface area (TPSA) is 81.5 Å². The van der Waals surface area contributed by atoms with Crippen LogP contribution in [0.4, 0.5) is 11.4 Å². The van der Waals surface area contributed by atoms with Gasteiger partial charge in [0.1, 0.15) is 11.3 Å². The molecular weight excluding hydrogens is 236 g/mol. The fourth-order valence-electron chi connectivity index (χ4n) is 1.36. The lowest BCUT2D eigenvalue weighted by atomic mass is 10.1. The molecule has 1 N–H and O–H groups in total. The fraction of sp³-hybridized carbons (Fsp3) is 0.417. The molecule has 18 heavy (non-hydrogen) atoms. The monoisotopic (exact) mass is 252 g/mol. The van der Waals surface area contributed by atoms with Crippen LogP contribution in [0.3, 0.4) is 0 Å². The van der Waals surface area contributed by atoms with E-state index >= 15 is 0 Å². The molecular formula is C12H16N2O4. The van der Waals surface area contributed by atoms with Gasteiger partial charge in [-0.2, -0.15) is 0 Å². The van der Waals surface area contributed by atoms with Crippen molar-refractivity contribution in [1.82, 2.24) is 0 Å². The number of ether oxygens (including phenoxy) is 1. The number of benzene rings is 1. The molecule has 0 heterocycles. The lowest BCUT2D eigenvalue weighted by Gasteiger charge is -2.19. The van der Waals surface area contributed by atoms with Crippen LogP contribution >= 0.6 is 0 Å². The number of nitrogens with zero attached hydrogens (tertiary/aromatic N) is 1. The quantitative estimate of drug-likeness (QED) is 0.508. The van der Waals surface area contributed by atoms with Gasteiger partial charge in [0.15, 0.2) is 0 Å². The van der Waals surface area contributed by atoms with Crippen molar-refractivity contribution >= 4 is 17.3 Å². The summed E-state index contributed by atoms with van der Waals surface area (Å²) in [6.45, 7) is 5.28. The smallest absolute Gasteiger partial charge is 0.338 e. The van der Waals surface area contributed by atoms with Gasteiger partial charge in [-0.1, -0.05) is 0 Å². The number of anilines is 1. The van der Waals surface area contributed by atoms with E-state index < -0.39 is 16.5 Å². The Kier molecular flexibility index (Phi) is 3.90. The Bertz CT molecular complexity index is 477. The van der Waals surface area contributed by atoms with Crippen molar-refractivity contribution in [2.24, 2.45) is 0 Å². The second kappa shape index (κ2) is 5.03. The van der Waals surface area contributed by atoms with E-state index in [0.717, 1.165) is 0 Å². The van der Waals surface area contributed by atoms with E-state index in [-0.39, 0.29) is 16.9 Å². The minimum absolute atomic E-state index is 0.0789. The fourth-order valence-corrected chi connectivity index (χ4v) is 1.36. The number of hydrogen-bond acceptors (Lipinski definition) is 5. The van der Waals surface area contributed by atoms with Gasteiger partial charge in [-0.3, -0.25) is 10.1 Å². The van der Waals surface area contributed by atoms with Crippen LogP contribution in [0, 0.1) is 10.1 Å². The van der Waals surface area contributed by atoms with Gasteiger partial charge < -0.3 is 10.1 Å². The first-order chi connectivity index (χ1) is 8.24. The normalized spacial score (nSPS) is 10.9. The second-order valence-electron chi connectivity index (χ2n) is 4.74. The minimum atomic E-state index is -0.599. The molecule has 0 aliphatic rings. The Morgan fingerprint density at radius 3 is 2.44 bits per heavy atom. The van der Waals surface area contributed by atoms with E-state index in [1.165, 1.54) is 18.2 Å². The van der Waals surface area contributed by atoms with Crippen molar-refractivity contribution in [2.75, 3.05) is 12.4 Å². The van der Waals surface area contributed by atoms with E-state index in [1.54, 1.807) is 27.8 Å². The number of carbonyl (C=O) groups is 1. The first-order valence-electron chi connectivity index (χ1n) is 5.44. The summed E-state index contributed by atoms with van der Waals surface area (Å²) < 4.78 is 5.19. The van der Waals surface area contributed by atoms with Crippen LogP contribution in [0.1, 0.15) is 31.1 Å². The van der Waals surface area contributed by atoms with Crippen LogP contribution < -0.4 is 5.32 Å². The third-order valence-electron chi connectivity index (χ3n) is 2.10. The molecule has 0 aliphatic heterocycles. The van der Waals surface area contributed by atoms with Crippen LogP contribution in [0.25, 0.3) is 0 Å². The number of nitro benzene ring substituents is 1. The predicted octanol–water partition coefficient (Wildman–Crippen LogP) is 2.59. The number of nitrogens with one attached hydrogen (secondary N) is 1. The Labute approximate surface area is 105 Å². The molecule has 6 heteroatoms. The molecule has 98 valence electrons. The van der Waals surface area contributed by atoms with Gasteiger partial charge in [0, 0.05) is 13.1 Å². The average molecular weight is 252 g/mol. The van der Waals surface area contributed by atoms with Gasteiger partial charge in [0.25, 0.3) is 5.69 Å². The Hall–Kier alpha value is -2.11. The third kappa shape index (κ3) is 3.44. The second-order valence-corrected chi connectivity index (χ2v) is 4.74. The van der Waals surface area contributed by atoms with Gasteiger partial charge in [-0.15, -0.1) is 0 Å². The van der Waals surface area contributed by atoms with E-state index in [1.807, 2.05) is 0 Å². The summed E-state index contributed by atoms with van der Waals surface area (Å²) in [6.07, 6.45) is 0. The van der Waals surface area contributed by atoms with Crippen LogP contribution in [-0.2, 0) is 4.74 Å². The number of hydrogen-bond donors (Lipinski definition) is 1. The van der Waals surface area contributed by atoms with Crippen molar-refractivity contribution in [3.63, 3.8) is 0 Å². The Morgan fingerprint density at radius 1 is 1.39 bits per heavy atom. The highest BCUT2D eigenvalue weighted by molar-refractivity contribution is 5.91.